The summed E-state index contributed by atoms with van der Waals surface area (Å²) < 4.78 is 3.37. The Morgan fingerprint density at radius 2 is 1.74 bits per heavy atom. The van der Waals surface area contributed by atoms with Crippen molar-refractivity contribution >= 4 is 50.5 Å². The van der Waals surface area contributed by atoms with Crippen molar-refractivity contribution in [2.75, 3.05) is 4.90 Å². The van der Waals surface area contributed by atoms with Crippen molar-refractivity contribution < 1.29 is 0 Å². The van der Waals surface area contributed by atoms with E-state index in [1.54, 1.807) is 0 Å². The molecule has 178 valence electrons. The van der Waals surface area contributed by atoms with E-state index in [1.165, 1.54) is 22.5 Å². The second-order valence-corrected chi connectivity index (χ2v) is 10.6. The van der Waals surface area contributed by atoms with Gasteiger partial charge in [0.15, 0.2) is 5.11 Å². The summed E-state index contributed by atoms with van der Waals surface area (Å²) in [7, 11) is 0. The summed E-state index contributed by atoms with van der Waals surface area (Å²) in [6.45, 7) is 8.64. The van der Waals surface area contributed by atoms with Gasteiger partial charge in [0.2, 0.25) is 0 Å². The van der Waals surface area contributed by atoms with Crippen LogP contribution in [0.5, 0.6) is 0 Å². The molecule has 2 unspecified atom stereocenters. The molecule has 35 heavy (non-hydrogen) atoms. The fourth-order valence-electron chi connectivity index (χ4n) is 5.15. The van der Waals surface area contributed by atoms with Crippen molar-refractivity contribution in [1.82, 2.24) is 14.9 Å². The number of benzene rings is 2. The first-order valence-corrected chi connectivity index (χ1v) is 13.1. The molecule has 5 rings (SSSR count). The summed E-state index contributed by atoms with van der Waals surface area (Å²) in [5, 5.41) is 5.00. The monoisotopic (exact) mass is 564 g/mol. The lowest BCUT2D eigenvalue weighted by molar-refractivity contribution is 0.563. The lowest BCUT2D eigenvalue weighted by Gasteiger charge is -2.29. The topological polar surface area (TPSA) is 33.1 Å². The van der Waals surface area contributed by atoms with Gasteiger partial charge in [-0.1, -0.05) is 39.7 Å². The van der Waals surface area contributed by atoms with Gasteiger partial charge in [-0.25, -0.2) is 0 Å². The molecule has 0 spiro atoms. The molecule has 1 N–H and O–H groups in total. The summed E-state index contributed by atoms with van der Waals surface area (Å²) in [5.74, 6) is 0. The molecule has 4 nitrogen and oxygen atoms in total. The summed E-state index contributed by atoms with van der Waals surface area (Å²) in [6.07, 6.45) is 1.84. The van der Waals surface area contributed by atoms with Crippen molar-refractivity contribution in [3.63, 3.8) is 0 Å². The minimum Gasteiger partial charge on any atom is -0.351 e. The van der Waals surface area contributed by atoms with Gasteiger partial charge >= 0.3 is 0 Å². The van der Waals surface area contributed by atoms with E-state index in [0.29, 0.717) is 5.11 Å². The van der Waals surface area contributed by atoms with E-state index >= 15 is 0 Å². The van der Waals surface area contributed by atoms with Crippen LogP contribution in [0.4, 0.5) is 5.69 Å². The Balaban J connectivity index is 1.74. The second-order valence-electron chi connectivity index (χ2n) is 8.95. The van der Waals surface area contributed by atoms with Crippen molar-refractivity contribution in [3.8, 4) is 5.69 Å². The van der Waals surface area contributed by atoms with Crippen LogP contribution in [0.15, 0.2) is 71.3 Å². The Kier molecular flexibility index (Phi) is 6.47. The molecule has 0 radical (unpaired) electrons. The third kappa shape index (κ3) is 4.18. The van der Waals surface area contributed by atoms with Crippen LogP contribution in [0.1, 0.15) is 45.9 Å². The first-order valence-electron chi connectivity index (χ1n) is 11.5. The lowest BCUT2D eigenvalue weighted by atomic mass is 9.93. The maximum Gasteiger partial charge on any atom is 0.174 e. The SMILES string of the molecule is Cc1cc(N2C(=S)NC(c3ccccn3)C2c2c(C)c(C)n(-c3cccc(Cl)c3)c2C)ccc1Br. The summed E-state index contributed by atoms with van der Waals surface area (Å²) in [5.41, 5.74) is 9.05. The van der Waals surface area contributed by atoms with Crippen LogP contribution in [0.25, 0.3) is 5.69 Å². The first-order chi connectivity index (χ1) is 16.8. The molecule has 1 saturated heterocycles. The Morgan fingerprint density at radius 1 is 0.943 bits per heavy atom. The highest BCUT2D eigenvalue weighted by Gasteiger charge is 2.43. The molecule has 1 aliphatic rings. The van der Waals surface area contributed by atoms with Crippen molar-refractivity contribution in [1.29, 1.82) is 0 Å². The molecule has 2 atom stereocenters. The van der Waals surface area contributed by atoms with Gasteiger partial charge in [0, 0.05) is 44.0 Å². The average Bonchev–Trinajstić information content (AvgIpc) is 3.28. The zero-order chi connectivity index (χ0) is 24.9. The quantitative estimate of drug-likeness (QED) is 0.257. The molecular weight excluding hydrogens is 540 g/mol. The number of thiocarbonyl (C=S) groups is 1. The molecule has 0 amide bonds. The number of aromatic nitrogens is 2. The van der Waals surface area contributed by atoms with E-state index in [4.69, 9.17) is 28.8 Å². The number of rotatable bonds is 4. The number of anilines is 1. The first kappa shape index (κ1) is 24.0. The van der Waals surface area contributed by atoms with E-state index < -0.39 is 0 Å². The van der Waals surface area contributed by atoms with Crippen molar-refractivity contribution in [2.24, 2.45) is 0 Å². The Hall–Kier alpha value is -2.67. The molecule has 0 bridgehead atoms. The highest BCUT2D eigenvalue weighted by Crippen LogP contribution is 2.45. The van der Waals surface area contributed by atoms with E-state index in [9.17, 15) is 0 Å². The van der Waals surface area contributed by atoms with Crippen LogP contribution >= 0.6 is 39.7 Å². The van der Waals surface area contributed by atoms with Crippen LogP contribution in [0.3, 0.4) is 0 Å². The highest BCUT2D eigenvalue weighted by atomic mass is 79.9. The number of pyridine rings is 1. The van der Waals surface area contributed by atoms with Crippen LogP contribution in [0.2, 0.25) is 5.02 Å². The van der Waals surface area contributed by atoms with Gasteiger partial charge in [0.05, 0.1) is 17.8 Å². The van der Waals surface area contributed by atoms with Crippen molar-refractivity contribution in [2.45, 2.75) is 39.8 Å². The van der Waals surface area contributed by atoms with E-state index in [2.05, 4.69) is 88.7 Å². The number of aryl methyl sites for hydroxylation is 1. The number of halogens is 2. The molecule has 0 aliphatic carbocycles. The van der Waals surface area contributed by atoms with Crippen LogP contribution < -0.4 is 10.2 Å². The van der Waals surface area contributed by atoms with Gasteiger partial charge < -0.3 is 14.8 Å². The number of hydrogen-bond donors (Lipinski definition) is 1. The Labute approximate surface area is 225 Å². The average molecular weight is 566 g/mol. The third-order valence-electron chi connectivity index (χ3n) is 6.89. The van der Waals surface area contributed by atoms with E-state index in [-0.39, 0.29) is 12.1 Å². The predicted octanol–water partition coefficient (Wildman–Crippen LogP) is 7.70. The third-order valence-corrected chi connectivity index (χ3v) is 8.33. The van der Waals surface area contributed by atoms with E-state index in [1.807, 2.05) is 36.5 Å². The molecule has 7 heteroatoms. The molecular formula is C28H26BrClN4S. The molecule has 2 aromatic heterocycles. The summed E-state index contributed by atoms with van der Waals surface area (Å²) in [6, 6.07) is 20.2. The second kappa shape index (κ2) is 9.41. The largest absolute Gasteiger partial charge is 0.351 e. The molecule has 4 aromatic rings. The molecule has 1 fully saturated rings. The zero-order valence-electron chi connectivity index (χ0n) is 20.0. The maximum atomic E-state index is 6.37. The van der Waals surface area contributed by atoms with Gasteiger partial charge in [-0.3, -0.25) is 4.98 Å². The summed E-state index contributed by atoms with van der Waals surface area (Å²) >= 11 is 15.9. The zero-order valence-corrected chi connectivity index (χ0v) is 23.2. The Bertz CT molecular complexity index is 1430. The minimum absolute atomic E-state index is 0.0721. The van der Waals surface area contributed by atoms with Crippen LogP contribution in [0, 0.1) is 27.7 Å². The standard InChI is InChI=1S/C28H26BrClN4S/c1-16-14-22(11-12-23(16)29)34-27(26(32-28(34)35)24-10-5-6-13-31-24)25-17(2)18(3)33(19(25)4)21-9-7-8-20(30)15-21/h5-15,26-27H,1-4H3,(H,32,35). The number of hydrogen-bond acceptors (Lipinski definition) is 2. The Morgan fingerprint density at radius 3 is 2.43 bits per heavy atom. The normalized spacial score (nSPS) is 17.7. The molecule has 2 aromatic carbocycles. The van der Waals surface area contributed by atoms with Gasteiger partial charge in [0.1, 0.15) is 0 Å². The van der Waals surface area contributed by atoms with Crippen LogP contribution in [-0.4, -0.2) is 14.7 Å². The fourth-order valence-corrected chi connectivity index (χ4v) is 5.93. The highest BCUT2D eigenvalue weighted by molar-refractivity contribution is 9.10. The number of nitrogens with zero attached hydrogens (tertiary/aromatic N) is 3. The predicted molar refractivity (Wildman–Crippen MR) is 152 cm³/mol. The van der Waals surface area contributed by atoms with Gasteiger partial charge in [-0.2, -0.15) is 0 Å². The minimum atomic E-state index is -0.0975. The molecule has 3 heterocycles. The summed E-state index contributed by atoms with van der Waals surface area (Å²) in [4.78, 5) is 6.95. The number of nitrogens with one attached hydrogen (secondary N) is 1. The smallest absolute Gasteiger partial charge is 0.174 e. The van der Waals surface area contributed by atoms with Gasteiger partial charge in [0.25, 0.3) is 0 Å². The lowest BCUT2D eigenvalue weighted by Crippen LogP contribution is -2.30. The fraction of sp³-hybridized carbons (Fsp3) is 0.214. The van der Waals surface area contributed by atoms with Gasteiger partial charge in [-0.05, 0) is 99.6 Å². The van der Waals surface area contributed by atoms with Crippen molar-refractivity contribution in [3.05, 3.63) is 110 Å². The molecule has 0 saturated carbocycles. The van der Waals surface area contributed by atoms with Gasteiger partial charge in [-0.15, -0.1) is 0 Å². The van der Waals surface area contributed by atoms with Crippen LogP contribution in [-0.2, 0) is 0 Å². The maximum absolute atomic E-state index is 6.37. The van der Waals surface area contributed by atoms with E-state index in [0.717, 1.165) is 32.1 Å². The molecule has 1 aliphatic heterocycles.